The molecule has 6 heteroatoms. The fourth-order valence-corrected chi connectivity index (χ4v) is 5.37. The third-order valence-electron chi connectivity index (χ3n) is 7.24. The van der Waals surface area contributed by atoms with E-state index in [0.29, 0.717) is 11.3 Å². The first-order chi connectivity index (χ1) is 18.1. The van der Waals surface area contributed by atoms with E-state index in [9.17, 15) is 9.59 Å². The molecule has 1 atom stereocenters. The SMILES string of the molecule is COc1ccccc1C(=O)N(CC(=O)N1c2ccccc2-n2cccc2C1c1cccc(C)c1)C1CC1. The number of benzene rings is 3. The van der Waals surface area contributed by atoms with Crippen LogP contribution in [0.5, 0.6) is 5.75 Å². The van der Waals surface area contributed by atoms with E-state index in [0.717, 1.165) is 41.0 Å². The fourth-order valence-electron chi connectivity index (χ4n) is 5.37. The van der Waals surface area contributed by atoms with Crippen LogP contribution in [-0.2, 0) is 4.79 Å². The van der Waals surface area contributed by atoms with Crippen LogP contribution >= 0.6 is 0 Å². The van der Waals surface area contributed by atoms with Crippen molar-refractivity contribution in [3.8, 4) is 11.4 Å². The van der Waals surface area contributed by atoms with E-state index >= 15 is 0 Å². The summed E-state index contributed by atoms with van der Waals surface area (Å²) in [7, 11) is 1.56. The Hall–Kier alpha value is -4.32. The first-order valence-electron chi connectivity index (χ1n) is 12.7. The molecular weight excluding hydrogens is 462 g/mol. The van der Waals surface area contributed by atoms with Gasteiger partial charge in [0.1, 0.15) is 18.3 Å². The van der Waals surface area contributed by atoms with E-state index in [1.54, 1.807) is 24.1 Å². The lowest BCUT2D eigenvalue weighted by Crippen LogP contribution is -2.47. The molecule has 2 amide bonds. The monoisotopic (exact) mass is 491 g/mol. The molecule has 1 aromatic heterocycles. The van der Waals surface area contributed by atoms with E-state index in [2.05, 4.69) is 35.8 Å². The molecule has 1 unspecified atom stereocenters. The minimum Gasteiger partial charge on any atom is -0.496 e. The summed E-state index contributed by atoms with van der Waals surface area (Å²) < 4.78 is 7.61. The molecule has 0 saturated heterocycles. The van der Waals surface area contributed by atoms with E-state index in [1.165, 1.54) is 0 Å². The standard InChI is InChI=1S/C31H29N3O3/c1-21-9-7-10-22(19-21)30-27-14-8-18-32(27)25-12-4-5-13-26(25)34(30)29(35)20-33(23-16-17-23)31(36)24-11-3-6-15-28(24)37-2/h3-15,18-19,23,30H,16-17,20H2,1-2H3. The van der Waals surface area contributed by atoms with Crippen molar-refractivity contribution in [3.05, 3.63) is 114 Å². The highest BCUT2D eigenvalue weighted by molar-refractivity contribution is 6.03. The van der Waals surface area contributed by atoms with Gasteiger partial charge in [0.05, 0.1) is 29.7 Å². The lowest BCUT2D eigenvalue weighted by molar-refractivity contribution is -0.119. The molecule has 186 valence electrons. The minimum absolute atomic E-state index is 0.00108. The molecule has 0 spiro atoms. The van der Waals surface area contributed by atoms with Gasteiger partial charge in [-0.25, -0.2) is 0 Å². The summed E-state index contributed by atoms with van der Waals surface area (Å²) in [5.74, 6) is 0.236. The molecule has 1 aliphatic heterocycles. The molecular formula is C31H29N3O3. The average Bonchev–Trinajstić information content (AvgIpc) is 3.65. The Bertz CT molecular complexity index is 1490. The maximum absolute atomic E-state index is 14.3. The highest BCUT2D eigenvalue weighted by Gasteiger charge is 2.40. The maximum atomic E-state index is 14.3. The summed E-state index contributed by atoms with van der Waals surface area (Å²) in [6.07, 6.45) is 3.84. The first kappa shape index (κ1) is 23.1. The Labute approximate surface area is 216 Å². The van der Waals surface area contributed by atoms with Crippen molar-refractivity contribution in [1.82, 2.24) is 9.47 Å². The van der Waals surface area contributed by atoms with Crippen LogP contribution in [-0.4, -0.2) is 41.0 Å². The van der Waals surface area contributed by atoms with E-state index in [4.69, 9.17) is 4.74 Å². The molecule has 37 heavy (non-hydrogen) atoms. The Morgan fingerprint density at radius 2 is 1.68 bits per heavy atom. The normalized spacial score (nSPS) is 16.1. The Morgan fingerprint density at radius 3 is 2.43 bits per heavy atom. The van der Waals surface area contributed by atoms with Crippen LogP contribution in [0.3, 0.4) is 0 Å². The summed E-state index contributed by atoms with van der Waals surface area (Å²) >= 11 is 0. The molecule has 1 aliphatic carbocycles. The summed E-state index contributed by atoms with van der Waals surface area (Å²) in [4.78, 5) is 31.6. The number of carbonyl (C=O) groups excluding carboxylic acids is 2. The van der Waals surface area contributed by atoms with Crippen molar-refractivity contribution >= 4 is 17.5 Å². The number of para-hydroxylation sites is 3. The third kappa shape index (κ3) is 4.08. The average molecular weight is 492 g/mol. The highest BCUT2D eigenvalue weighted by Crippen LogP contribution is 2.43. The van der Waals surface area contributed by atoms with Crippen LogP contribution in [0.4, 0.5) is 5.69 Å². The van der Waals surface area contributed by atoms with Gasteiger partial charge in [0.2, 0.25) is 5.91 Å². The molecule has 0 N–H and O–H groups in total. The van der Waals surface area contributed by atoms with E-state index < -0.39 is 0 Å². The maximum Gasteiger partial charge on any atom is 0.258 e. The number of aryl methyl sites for hydroxylation is 1. The number of hydrogen-bond acceptors (Lipinski definition) is 3. The number of rotatable bonds is 6. The van der Waals surface area contributed by atoms with Crippen LogP contribution in [0, 0.1) is 6.92 Å². The lowest BCUT2D eigenvalue weighted by Gasteiger charge is -2.39. The number of aromatic nitrogens is 1. The molecule has 1 fully saturated rings. The van der Waals surface area contributed by atoms with Crippen molar-refractivity contribution in [1.29, 1.82) is 0 Å². The van der Waals surface area contributed by atoms with Crippen LogP contribution in [0.15, 0.2) is 91.1 Å². The quantitative estimate of drug-likeness (QED) is 0.356. The number of methoxy groups -OCH3 is 1. The number of ether oxygens (including phenoxy) is 1. The zero-order valence-corrected chi connectivity index (χ0v) is 21.0. The van der Waals surface area contributed by atoms with Gasteiger partial charge in [0, 0.05) is 12.2 Å². The molecule has 1 saturated carbocycles. The van der Waals surface area contributed by atoms with Gasteiger partial charge in [-0.15, -0.1) is 0 Å². The number of carbonyl (C=O) groups is 2. The number of amides is 2. The Balaban J connectivity index is 1.42. The molecule has 4 aromatic rings. The smallest absolute Gasteiger partial charge is 0.258 e. The van der Waals surface area contributed by atoms with Crippen LogP contribution in [0.2, 0.25) is 0 Å². The summed E-state index contributed by atoms with van der Waals surface area (Å²) in [6, 6.07) is 27.3. The molecule has 3 aromatic carbocycles. The van der Waals surface area contributed by atoms with Crippen molar-refractivity contribution in [2.75, 3.05) is 18.6 Å². The molecule has 6 nitrogen and oxygen atoms in total. The number of fused-ring (bicyclic) bond motifs is 3. The predicted octanol–water partition coefficient (Wildman–Crippen LogP) is 5.54. The van der Waals surface area contributed by atoms with Gasteiger partial charge in [0.25, 0.3) is 5.91 Å². The summed E-state index contributed by atoms with van der Waals surface area (Å²) in [6.45, 7) is 2.06. The van der Waals surface area contributed by atoms with Crippen molar-refractivity contribution in [2.45, 2.75) is 31.8 Å². The van der Waals surface area contributed by atoms with E-state index in [-0.39, 0.29) is 30.4 Å². The molecule has 0 bridgehead atoms. The van der Waals surface area contributed by atoms with Crippen molar-refractivity contribution < 1.29 is 14.3 Å². The highest BCUT2D eigenvalue weighted by atomic mass is 16.5. The summed E-state index contributed by atoms with van der Waals surface area (Å²) in [5, 5.41) is 0. The summed E-state index contributed by atoms with van der Waals surface area (Å²) in [5.41, 5.74) is 5.46. The van der Waals surface area contributed by atoms with Crippen molar-refractivity contribution in [2.24, 2.45) is 0 Å². The number of nitrogens with zero attached hydrogens (tertiary/aromatic N) is 3. The fraction of sp³-hybridized carbons (Fsp3) is 0.226. The van der Waals surface area contributed by atoms with Crippen LogP contribution in [0.1, 0.15) is 46.1 Å². The zero-order valence-electron chi connectivity index (χ0n) is 21.0. The van der Waals surface area contributed by atoms with Crippen molar-refractivity contribution in [3.63, 3.8) is 0 Å². The second-order valence-corrected chi connectivity index (χ2v) is 9.74. The van der Waals surface area contributed by atoms with Crippen LogP contribution < -0.4 is 9.64 Å². The lowest BCUT2D eigenvalue weighted by atomic mass is 9.96. The second-order valence-electron chi connectivity index (χ2n) is 9.74. The molecule has 2 aliphatic rings. The van der Waals surface area contributed by atoms with Gasteiger partial charge < -0.3 is 14.2 Å². The zero-order chi connectivity index (χ0) is 25.5. The van der Waals surface area contributed by atoms with Gasteiger partial charge in [-0.3, -0.25) is 14.5 Å². The largest absolute Gasteiger partial charge is 0.496 e. The molecule has 6 rings (SSSR count). The van der Waals surface area contributed by atoms with E-state index in [1.807, 2.05) is 59.6 Å². The first-order valence-corrected chi connectivity index (χ1v) is 12.7. The topological polar surface area (TPSA) is 54.8 Å². The van der Waals surface area contributed by atoms with Gasteiger partial charge in [0.15, 0.2) is 0 Å². The molecule has 0 radical (unpaired) electrons. The Kier molecular flexibility index (Phi) is 5.80. The number of hydrogen-bond donors (Lipinski definition) is 0. The Morgan fingerprint density at radius 1 is 0.919 bits per heavy atom. The third-order valence-corrected chi connectivity index (χ3v) is 7.24. The van der Waals surface area contributed by atoms with Gasteiger partial charge in [-0.1, -0.05) is 54.1 Å². The van der Waals surface area contributed by atoms with Crippen LogP contribution in [0.25, 0.3) is 5.69 Å². The second kappa shape index (κ2) is 9.28. The minimum atomic E-state index is -0.306. The van der Waals surface area contributed by atoms with Gasteiger partial charge in [-0.05, 0) is 61.7 Å². The number of anilines is 1. The molecule has 2 heterocycles. The predicted molar refractivity (Wildman–Crippen MR) is 143 cm³/mol. The van der Waals surface area contributed by atoms with Gasteiger partial charge in [-0.2, -0.15) is 0 Å². The van der Waals surface area contributed by atoms with Gasteiger partial charge >= 0.3 is 0 Å².